The molecule has 2 rings (SSSR count). The van der Waals surface area contributed by atoms with Gasteiger partial charge in [0.2, 0.25) is 0 Å². The second kappa shape index (κ2) is 5.97. The van der Waals surface area contributed by atoms with Crippen LogP contribution in [-0.4, -0.2) is 6.10 Å². The smallest absolute Gasteiger partial charge is 0.139 e. The van der Waals surface area contributed by atoms with Crippen molar-refractivity contribution in [1.29, 1.82) is 0 Å². The minimum atomic E-state index is 0.296. The van der Waals surface area contributed by atoms with Gasteiger partial charge >= 0.3 is 0 Å². The van der Waals surface area contributed by atoms with Crippen LogP contribution in [0.2, 0.25) is 10.0 Å². The SMILES string of the molecule is CCC1CCCCC1Oc1cc(Cl)ccc1Cl. The molecule has 1 aliphatic rings. The first-order valence-corrected chi connectivity index (χ1v) is 7.08. The quantitative estimate of drug-likeness (QED) is 0.722. The van der Waals surface area contributed by atoms with Gasteiger partial charge in [0.15, 0.2) is 0 Å². The molecule has 0 aliphatic heterocycles. The molecule has 1 aromatic rings. The minimum absolute atomic E-state index is 0.296. The van der Waals surface area contributed by atoms with Crippen LogP contribution in [0, 0.1) is 5.92 Å². The van der Waals surface area contributed by atoms with Crippen molar-refractivity contribution in [2.75, 3.05) is 0 Å². The summed E-state index contributed by atoms with van der Waals surface area (Å²) in [6.45, 7) is 2.23. The minimum Gasteiger partial charge on any atom is -0.489 e. The molecule has 0 aromatic heterocycles. The van der Waals surface area contributed by atoms with Crippen LogP contribution in [-0.2, 0) is 0 Å². The summed E-state index contributed by atoms with van der Waals surface area (Å²) in [6, 6.07) is 5.39. The van der Waals surface area contributed by atoms with Crippen LogP contribution in [0.4, 0.5) is 0 Å². The number of ether oxygens (including phenoxy) is 1. The molecule has 2 atom stereocenters. The molecule has 2 unspecified atom stereocenters. The highest BCUT2D eigenvalue weighted by Gasteiger charge is 2.25. The van der Waals surface area contributed by atoms with Crippen molar-refractivity contribution in [2.45, 2.75) is 45.1 Å². The molecule has 1 aliphatic carbocycles. The van der Waals surface area contributed by atoms with Gasteiger partial charge in [0.25, 0.3) is 0 Å². The lowest BCUT2D eigenvalue weighted by Gasteiger charge is -2.31. The summed E-state index contributed by atoms with van der Waals surface area (Å²) in [5, 5.41) is 1.32. The second-order valence-corrected chi connectivity index (χ2v) is 5.53. The van der Waals surface area contributed by atoms with E-state index in [2.05, 4.69) is 6.92 Å². The van der Waals surface area contributed by atoms with Gasteiger partial charge in [0.1, 0.15) is 11.9 Å². The maximum Gasteiger partial charge on any atom is 0.139 e. The highest BCUT2D eigenvalue weighted by atomic mass is 35.5. The van der Waals surface area contributed by atoms with Crippen molar-refractivity contribution in [3.63, 3.8) is 0 Å². The summed E-state index contributed by atoms with van der Waals surface area (Å²) in [5.74, 6) is 1.38. The molecule has 17 heavy (non-hydrogen) atoms. The summed E-state index contributed by atoms with van der Waals surface area (Å²) in [6.07, 6.45) is 6.43. The molecule has 0 saturated heterocycles. The Bertz CT molecular complexity index is 378. The summed E-state index contributed by atoms with van der Waals surface area (Å²) in [5.41, 5.74) is 0. The van der Waals surface area contributed by atoms with Gasteiger partial charge in [-0.05, 0) is 43.7 Å². The summed E-state index contributed by atoms with van der Waals surface area (Å²) in [7, 11) is 0. The van der Waals surface area contributed by atoms with Crippen LogP contribution < -0.4 is 4.74 Å². The fourth-order valence-corrected chi connectivity index (χ4v) is 2.85. The molecule has 0 spiro atoms. The zero-order chi connectivity index (χ0) is 12.3. The molecule has 1 aromatic carbocycles. The summed E-state index contributed by atoms with van der Waals surface area (Å²) < 4.78 is 6.05. The molecule has 1 nitrogen and oxygen atoms in total. The van der Waals surface area contributed by atoms with E-state index in [9.17, 15) is 0 Å². The van der Waals surface area contributed by atoms with Gasteiger partial charge in [0.05, 0.1) is 5.02 Å². The van der Waals surface area contributed by atoms with Crippen molar-refractivity contribution in [3.8, 4) is 5.75 Å². The van der Waals surface area contributed by atoms with Crippen LogP contribution in [0.1, 0.15) is 39.0 Å². The molecule has 94 valence electrons. The van der Waals surface area contributed by atoms with Crippen LogP contribution in [0.15, 0.2) is 18.2 Å². The lowest BCUT2D eigenvalue weighted by Crippen LogP contribution is -2.29. The van der Waals surface area contributed by atoms with Gasteiger partial charge in [-0.25, -0.2) is 0 Å². The van der Waals surface area contributed by atoms with Crippen LogP contribution in [0.5, 0.6) is 5.75 Å². The van der Waals surface area contributed by atoms with Gasteiger partial charge in [-0.15, -0.1) is 0 Å². The zero-order valence-corrected chi connectivity index (χ0v) is 11.6. The van der Waals surface area contributed by atoms with Crippen molar-refractivity contribution in [1.82, 2.24) is 0 Å². The average Bonchev–Trinajstić information content (AvgIpc) is 2.34. The van der Waals surface area contributed by atoms with Crippen LogP contribution in [0.3, 0.4) is 0 Å². The largest absolute Gasteiger partial charge is 0.489 e. The van der Waals surface area contributed by atoms with E-state index in [0.29, 0.717) is 22.1 Å². The Kier molecular flexibility index (Phi) is 4.58. The van der Waals surface area contributed by atoms with Gasteiger partial charge in [-0.3, -0.25) is 0 Å². The number of hydrogen-bond donors (Lipinski definition) is 0. The average molecular weight is 273 g/mol. The van der Waals surface area contributed by atoms with Gasteiger partial charge in [-0.2, -0.15) is 0 Å². The van der Waals surface area contributed by atoms with E-state index in [1.807, 2.05) is 6.07 Å². The van der Waals surface area contributed by atoms with Gasteiger partial charge in [-0.1, -0.05) is 36.5 Å². The Hall–Kier alpha value is -0.400. The molecule has 0 radical (unpaired) electrons. The van der Waals surface area contributed by atoms with Crippen molar-refractivity contribution in [3.05, 3.63) is 28.2 Å². The number of halogens is 2. The molecule has 0 heterocycles. The monoisotopic (exact) mass is 272 g/mol. The van der Waals surface area contributed by atoms with Crippen LogP contribution >= 0.6 is 23.2 Å². The highest BCUT2D eigenvalue weighted by molar-refractivity contribution is 6.34. The van der Waals surface area contributed by atoms with E-state index in [-0.39, 0.29) is 0 Å². The van der Waals surface area contributed by atoms with Crippen molar-refractivity contribution < 1.29 is 4.74 Å². The molecular formula is C14H18Cl2O. The fraction of sp³-hybridized carbons (Fsp3) is 0.571. The topological polar surface area (TPSA) is 9.23 Å². The molecule has 1 saturated carbocycles. The summed E-state index contributed by atoms with van der Waals surface area (Å²) in [4.78, 5) is 0. The predicted molar refractivity (Wildman–Crippen MR) is 73.1 cm³/mol. The van der Waals surface area contributed by atoms with Crippen molar-refractivity contribution in [2.24, 2.45) is 5.92 Å². The lowest BCUT2D eigenvalue weighted by molar-refractivity contribution is 0.0905. The molecule has 1 fully saturated rings. The summed E-state index contributed by atoms with van der Waals surface area (Å²) >= 11 is 12.1. The second-order valence-electron chi connectivity index (χ2n) is 4.68. The first-order valence-electron chi connectivity index (χ1n) is 6.32. The zero-order valence-electron chi connectivity index (χ0n) is 10.1. The molecule has 0 N–H and O–H groups in total. The fourth-order valence-electron chi connectivity index (χ4n) is 2.53. The Morgan fingerprint density at radius 2 is 2.00 bits per heavy atom. The standard InChI is InChI=1S/C14H18Cl2O/c1-2-10-5-3-4-6-13(10)17-14-9-11(15)7-8-12(14)16/h7-10,13H,2-6H2,1H3. The first-order chi connectivity index (χ1) is 8.20. The van der Waals surface area contributed by atoms with E-state index < -0.39 is 0 Å². The Morgan fingerprint density at radius 3 is 2.76 bits per heavy atom. The number of hydrogen-bond acceptors (Lipinski definition) is 1. The third kappa shape index (κ3) is 3.29. The predicted octanol–water partition coefficient (Wildman–Crippen LogP) is 5.34. The molecule has 3 heteroatoms. The third-order valence-corrected chi connectivity index (χ3v) is 4.08. The first kappa shape index (κ1) is 13.0. The van der Waals surface area contributed by atoms with E-state index in [0.717, 1.165) is 12.2 Å². The van der Waals surface area contributed by atoms with Crippen molar-refractivity contribution >= 4 is 23.2 Å². The lowest BCUT2D eigenvalue weighted by atomic mass is 9.85. The van der Waals surface area contributed by atoms with Crippen LogP contribution in [0.25, 0.3) is 0 Å². The van der Waals surface area contributed by atoms with E-state index in [4.69, 9.17) is 27.9 Å². The van der Waals surface area contributed by atoms with Gasteiger partial charge < -0.3 is 4.74 Å². The maximum atomic E-state index is 6.12. The van der Waals surface area contributed by atoms with Gasteiger partial charge in [0, 0.05) is 11.1 Å². The molecule has 0 amide bonds. The number of benzene rings is 1. The molecule has 0 bridgehead atoms. The highest BCUT2D eigenvalue weighted by Crippen LogP contribution is 2.34. The normalized spacial score (nSPS) is 24.6. The third-order valence-electron chi connectivity index (χ3n) is 3.54. The Balaban J connectivity index is 2.10. The van der Waals surface area contributed by atoms with E-state index in [1.54, 1.807) is 12.1 Å². The molecular weight excluding hydrogens is 255 g/mol. The Labute approximate surface area is 113 Å². The maximum absolute atomic E-state index is 6.12. The Morgan fingerprint density at radius 1 is 1.24 bits per heavy atom. The number of rotatable bonds is 3. The van der Waals surface area contributed by atoms with E-state index in [1.165, 1.54) is 25.7 Å². The van der Waals surface area contributed by atoms with E-state index >= 15 is 0 Å².